The summed E-state index contributed by atoms with van der Waals surface area (Å²) >= 11 is 0. The predicted octanol–water partition coefficient (Wildman–Crippen LogP) is 6.43. The topological polar surface area (TPSA) is 182 Å². The minimum Gasteiger partial charge on any atom is -0.463 e. The van der Waals surface area contributed by atoms with Crippen molar-refractivity contribution in [1.29, 1.82) is 0 Å². The zero-order valence-electron chi connectivity index (χ0n) is 38.1. The molecule has 2 saturated heterocycles. The molecule has 3 aliphatic rings. The normalized spacial score (nSPS) is 16.0. The summed E-state index contributed by atoms with van der Waals surface area (Å²) in [5.41, 5.74) is 20.1. The number of rotatable bonds is 21. The second-order valence-electron chi connectivity index (χ2n) is 18.2. The van der Waals surface area contributed by atoms with Gasteiger partial charge in [0.05, 0.1) is 26.3 Å². The zero-order valence-corrected chi connectivity index (χ0v) is 38.1. The molecule has 0 bridgehead atoms. The number of imidazole rings is 2. The number of unbranched alkanes of at least 4 members (excludes halogenated alkanes) is 2. The van der Waals surface area contributed by atoms with E-state index in [0.29, 0.717) is 54.5 Å². The Balaban J connectivity index is 1.05. The lowest BCUT2D eigenvalue weighted by Gasteiger charge is -2.16. The first-order chi connectivity index (χ1) is 31.7. The van der Waals surface area contributed by atoms with Crippen LogP contribution in [0.2, 0.25) is 0 Å². The summed E-state index contributed by atoms with van der Waals surface area (Å²) in [6.45, 7) is 12.5. The van der Waals surface area contributed by atoms with Gasteiger partial charge >= 0.3 is 23.4 Å². The molecule has 1 saturated carbocycles. The van der Waals surface area contributed by atoms with E-state index in [1.165, 1.54) is 31.2 Å². The van der Waals surface area contributed by atoms with Crippen LogP contribution in [0.4, 0.5) is 11.6 Å². The van der Waals surface area contributed by atoms with Crippen molar-refractivity contribution in [1.82, 2.24) is 48.0 Å². The zero-order chi connectivity index (χ0) is 44.9. The maximum atomic E-state index is 14.5. The highest BCUT2D eigenvalue weighted by atomic mass is 16.5. The molecule has 2 aromatic carbocycles. The van der Waals surface area contributed by atoms with E-state index in [-0.39, 0.29) is 48.1 Å². The van der Waals surface area contributed by atoms with E-state index in [2.05, 4.69) is 76.1 Å². The number of hydrogen-bond acceptors (Lipinski definition) is 12. The van der Waals surface area contributed by atoms with Gasteiger partial charge in [0.15, 0.2) is 22.9 Å². The van der Waals surface area contributed by atoms with Crippen LogP contribution in [0.1, 0.15) is 106 Å². The van der Waals surface area contributed by atoms with E-state index in [1.807, 2.05) is 12.2 Å². The summed E-state index contributed by atoms with van der Waals surface area (Å²) in [5, 5.41) is 0. The molecule has 0 unspecified atom stereocenters. The quantitative estimate of drug-likeness (QED) is 0.0757. The third-order valence-electron chi connectivity index (χ3n) is 12.9. The van der Waals surface area contributed by atoms with Gasteiger partial charge in [0.1, 0.15) is 11.0 Å². The number of fused-ring (bicyclic) bond motifs is 2. The molecule has 9 rings (SSSR count). The van der Waals surface area contributed by atoms with Crippen LogP contribution < -0.4 is 32.3 Å². The summed E-state index contributed by atoms with van der Waals surface area (Å²) in [4.78, 5) is 52.3. The molecule has 3 fully saturated rings. The van der Waals surface area contributed by atoms with Gasteiger partial charge in [0.25, 0.3) is 0 Å². The number of nitrogens with zero attached hydrogens (tertiary/aromatic N) is 10. The average Bonchev–Trinajstić information content (AvgIpc) is 3.53. The van der Waals surface area contributed by atoms with Gasteiger partial charge in [0.2, 0.25) is 0 Å². The van der Waals surface area contributed by atoms with Crippen LogP contribution in [0.15, 0.2) is 58.1 Å². The first-order valence-electron chi connectivity index (χ1n) is 23.8. The molecular formula is C49H64N12O4. The number of benzene rings is 2. The molecule has 65 heavy (non-hydrogen) atoms. The number of nitrogen functional groups attached to an aromatic ring is 2. The standard InChI is InChI=1S/C49H64N12O4/c1-3-5-23-64-46-52-42(50)40-44(54-46)60(32-37-14-11-13-36(27-37)29-56-18-7-8-19-56)48(62)58(40)22-12-15-35-25-38(30-57-20-9-10-21-57)28-39(26-35)33-61-45-41(59(49(61)63)31-34-16-17-34)43(51)53-47(55-45)65-24-6-4-2/h11-15,25-28,34H,3-10,16-24,29-33H2,1-2H3,(H2,50,52,54)(H2,51,53,55)/b15-12+. The van der Waals surface area contributed by atoms with Crippen molar-refractivity contribution in [3.63, 3.8) is 0 Å². The monoisotopic (exact) mass is 885 g/mol. The fourth-order valence-corrected chi connectivity index (χ4v) is 9.32. The second kappa shape index (κ2) is 20.0. The molecule has 344 valence electrons. The molecule has 0 radical (unpaired) electrons. The van der Waals surface area contributed by atoms with Crippen molar-refractivity contribution in [2.75, 3.05) is 50.9 Å². The van der Waals surface area contributed by atoms with E-state index in [4.69, 9.17) is 30.9 Å². The molecule has 16 heteroatoms. The Morgan fingerprint density at radius 1 is 0.631 bits per heavy atom. The Morgan fingerprint density at radius 3 is 1.69 bits per heavy atom. The number of ether oxygens (including phenoxy) is 2. The van der Waals surface area contributed by atoms with Crippen molar-refractivity contribution in [2.24, 2.45) is 5.92 Å². The van der Waals surface area contributed by atoms with Crippen molar-refractivity contribution in [3.05, 3.63) is 97.3 Å². The van der Waals surface area contributed by atoms with E-state index >= 15 is 0 Å². The SMILES string of the molecule is CCCCOc1nc(N)c2c(n1)n(Cc1cccc(CN3CCCC3)c1)c(=O)n2C/C=C/c1cc(CN2CCCC2)cc(Cn2c(=O)n(CC3CC3)c3c(N)nc(OCCCC)nc32)c1. The number of hydrogen-bond donors (Lipinski definition) is 2. The van der Waals surface area contributed by atoms with Crippen molar-refractivity contribution >= 4 is 40.0 Å². The molecule has 0 atom stereocenters. The molecule has 6 heterocycles. The maximum absolute atomic E-state index is 14.5. The molecular weight excluding hydrogens is 821 g/mol. The van der Waals surface area contributed by atoms with Crippen LogP contribution >= 0.6 is 0 Å². The van der Waals surface area contributed by atoms with Gasteiger partial charge in [-0.2, -0.15) is 19.9 Å². The average molecular weight is 885 g/mol. The van der Waals surface area contributed by atoms with Crippen molar-refractivity contribution in [3.8, 4) is 12.0 Å². The highest BCUT2D eigenvalue weighted by Gasteiger charge is 2.28. The molecule has 4 aromatic heterocycles. The van der Waals surface area contributed by atoms with Gasteiger partial charge in [-0.1, -0.05) is 75.2 Å². The molecule has 0 amide bonds. The number of likely N-dealkylation sites (tertiary alicyclic amines) is 2. The lowest BCUT2D eigenvalue weighted by molar-refractivity contribution is 0.286. The van der Waals surface area contributed by atoms with Crippen molar-refractivity contribution < 1.29 is 9.47 Å². The van der Waals surface area contributed by atoms with E-state index in [0.717, 1.165) is 100 Å². The first kappa shape index (κ1) is 44.2. The third kappa shape index (κ3) is 10.3. The Labute approximate surface area is 379 Å². The van der Waals surface area contributed by atoms with Gasteiger partial charge in [-0.05, 0) is 117 Å². The lowest BCUT2D eigenvalue weighted by atomic mass is 10.0. The molecule has 16 nitrogen and oxygen atoms in total. The number of nitrogens with two attached hydrogens (primary N) is 2. The molecule has 2 aliphatic heterocycles. The number of aromatic nitrogens is 8. The van der Waals surface area contributed by atoms with Crippen LogP contribution in [0, 0.1) is 5.92 Å². The van der Waals surface area contributed by atoms with Gasteiger partial charge in [-0.15, -0.1) is 0 Å². The van der Waals surface area contributed by atoms with Gasteiger partial charge in [-0.25, -0.2) is 9.59 Å². The Morgan fingerprint density at radius 2 is 1.12 bits per heavy atom. The third-order valence-corrected chi connectivity index (χ3v) is 12.9. The van der Waals surface area contributed by atoms with Crippen LogP contribution in [-0.2, 0) is 39.3 Å². The van der Waals surface area contributed by atoms with E-state index < -0.39 is 0 Å². The smallest absolute Gasteiger partial charge is 0.331 e. The Bertz CT molecular complexity index is 2770. The fraction of sp³-hybridized carbons (Fsp3) is 0.510. The Hall–Kier alpha value is -6.00. The minimum atomic E-state index is -0.231. The van der Waals surface area contributed by atoms with Gasteiger partial charge in [-0.3, -0.25) is 28.1 Å². The van der Waals surface area contributed by atoms with Gasteiger partial charge in [0, 0.05) is 26.2 Å². The summed E-state index contributed by atoms with van der Waals surface area (Å²) in [7, 11) is 0. The Kier molecular flexibility index (Phi) is 13.6. The van der Waals surface area contributed by atoms with Crippen molar-refractivity contribution in [2.45, 2.75) is 117 Å². The van der Waals surface area contributed by atoms with Gasteiger partial charge < -0.3 is 20.9 Å². The van der Waals surface area contributed by atoms with Crippen LogP contribution in [-0.4, -0.2) is 87.4 Å². The highest BCUT2D eigenvalue weighted by molar-refractivity contribution is 5.84. The van der Waals surface area contributed by atoms with E-state index in [9.17, 15) is 9.59 Å². The fourth-order valence-electron chi connectivity index (χ4n) is 9.32. The molecule has 6 aromatic rings. The second-order valence-corrected chi connectivity index (χ2v) is 18.2. The summed E-state index contributed by atoms with van der Waals surface area (Å²) in [6.07, 6.45) is 14.6. The van der Waals surface area contributed by atoms with Crippen LogP contribution in [0.5, 0.6) is 12.0 Å². The molecule has 1 aliphatic carbocycles. The largest absolute Gasteiger partial charge is 0.463 e. The summed E-state index contributed by atoms with van der Waals surface area (Å²) < 4.78 is 18.6. The highest BCUT2D eigenvalue weighted by Crippen LogP contribution is 2.32. The van der Waals surface area contributed by atoms with Crippen LogP contribution in [0.3, 0.4) is 0 Å². The number of anilines is 2. The lowest BCUT2D eigenvalue weighted by Crippen LogP contribution is -2.25. The predicted molar refractivity (Wildman–Crippen MR) is 255 cm³/mol. The summed E-state index contributed by atoms with van der Waals surface area (Å²) in [6, 6.07) is 15.3. The first-order valence-corrected chi connectivity index (χ1v) is 23.8. The van der Waals surface area contributed by atoms with E-state index in [1.54, 1.807) is 18.3 Å². The molecule has 0 spiro atoms. The van der Waals surface area contributed by atoms with Crippen LogP contribution in [0.25, 0.3) is 28.4 Å². The summed E-state index contributed by atoms with van der Waals surface area (Å²) in [5.74, 6) is 0.879. The number of allylic oxidation sites excluding steroid dienone is 1. The minimum absolute atomic E-state index is 0.159. The molecule has 4 N–H and O–H groups in total. The maximum Gasteiger partial charge on any atom is 0.331 e.